The molecule has 8 heteroatoms. The Morgan fingerprint density at radius 3 is 2.56 bits per heavy atom. The SMILES string of the molecule is CCOC(=O)C(=O)c1cnc(C(F)(F)F)s1. The molecule has 4 nitrogen and oxygen atoms in total. The van der Waals surface area contributed by atoms with Crippen LogP contribution >= 0.6 is 11.3 Å². The molecule has 1 rings (SSSR count). The molecule has 0 fully saturated rings. The summed E-state index contributed by atoms with van der Waals surface area (Å²) >= 11 is 0.116. The highest BCUT2D eigenvalue weighted by Gasteiger charge is 2.36. The van der Waals surface area contributed by atoms with E-state index >= 15 is 0 Å². The fourth-order valence-corrected chi connectivity index (χ4v) is 1.52. The van der Waals surface area contributed by atoms with Gasteiger partial charge in [-0.2, -0.15) is 13.2 Å². The molecule has 0 N–H and O–H groups in total. The highest BCUT2D eigenvalue weighted by atomic mass is 32.1. The Morgan fingerprint density at radius 1 is 1.50 bits per heavy atom. The second-order valence-corrected chi connectivity index (χ2v) is 3.61. The first kappa shape index (κ1) is 12.6. The van der Waals surface area contributed by atoms with Crippen molar-refractivity contribution in [2.75, 3.05) is 6.61 Å². The molecule has 0 saturated carbocycles. The predicted molar refractivity (Wildman–Crippen MR) is 48.1 cm³/mol. The van der Waals surface area contributed by atoms with Crippen molar-refractivity contribution < 1.29 is 27.5 Å². The van der Waals surface area contributed by atoms with Crippen LogP contribution in [0.5, 0.6) is 0 Å². The zero-order valence-electron chi connectivity index (χ0n) is 8.00. The number of nitrogens with zero attached hydrogens (tertiary/aromatic N) is 1. The maximum Gasteiger partial charge on any atom is 0.443 e. The van der Waals surface area contributed by atoms with Crippen molar-refractivity contribution in [3.05, 3.63) is 16.1 Å². The number of ketones is 1. The van der Waals surface area contributed by atoms with E-state index in [1.807, 2.05) is 0 Å². The van der Waals surface area contributed by atoms with Crippen LogP contribution in [0.15, 0.2) is 6.20 Å². The molecule has 0 amide bonds. The first-order valence-corrected chi connectivity index (χ1v) is 4.92. The smallest absolute Gasteiger partial charge is 0.443 e. The number of carbonyl (C=O) groups is 2. The fourth-order valence-electron chi connectivity index (χ4n) is 0.807. The normalized spacial score (nSPS) is 11.2. The Morgan fingerprint density at radius 2 is 2.12 bits per heavy atom. The minimum Gasteiger partial charge on any atom is -0.460 e. The molecule has 0 saturated heterocycles. The molecule has 0 radical (unpaired) electrons. The summed E-state index contributed by atoms with van der Waals surface area (Å²) in [7, 11) is 0. The summed E-state index contributed by atoms with van der Waals surface area (Å²) in [5.74, 6) is -2.30. The molecule has 88 valence electrons. The van der Waals surface area contributed by atoms with Crippen molar-refractivity contribution in [1.82, 2.24) is 4.98 Å². The topological polar surface area (TPSA) is 56.3 Å². The first-order valence-electron chi connectivity index (χ1n) is 4.10. The minimum atomic E-state index is -4.61. The van der Waals surface area contributed by atoms with Crippen molar-refractivity contribution in [3.63, 3.8) is 0 Å². The maximum absolute atomic E-state index is 12.1. The summed E-state index contributed by atoms with van der Waals surface area (Å²) in [4.78, 5) is 24.8. The molecule has 1 aromatic heterocycles. The van der Waals surface area contributed by atoms with Gasteiger partial charge in [0, 0.05) is 0 Å². The molecule has 0 aliphatic carbocycles. The Kier molecular flexibility index (Phi) is 3.63. The molecule has 0 atom stereocenters. The van der Waals surface area contributed by atoms with Gasteiger partial charge in [-0.25, -0.2) is 9.78 Å². The van der Waals surface area contributed by atoms with Crippen LogP contribution in [0.3, 0.4) is 0 Å². The number of esters is 1. The van der Waals surface area contributed by atoms with E-state index in [1.54, 1.807) is 0 Å². The summed E-state index contributed by atoms with van der Waals surface area (Å²) in [6, 6.07) is 0. The number of hydrogen-bond donors (Lipinski definition) is 0. The van der Waals surface area contributed by atoms with Crippen molar-refractivity contribution in [3.8, 4) is 0 Å². The maximum atomic E-state index is 12.1. The number of aromatic nitrogens is 1. The fraction of sp³-hybridized carbons (Fsp3) is 0.375. The number of halogens is 3. The number of rotatable bonds is 3. The van der Waals surface area contributed by atoms with E-state index in [9.17, 15) is 22.8 Å². The van der Waals surface area contributed by atoms with Crippen LogP contribution in [-0.4, -0.2) is 23.3 Å². The lowest BCUT2D eigenvalue weighted by atomic mass is 10.3. The summed E-state index contributed by atoms with van der Waals surface area (Å²) in [5, 5.41) is -1.17. The number of Topliss-reactive ketones (excluding diaryl/α,β-unsaturated/α-hetero) is 1. The van der Waals surface area contributed by atoms with Gasteiger partial charge in [-0.1, -0.05) is 0 Å². The monoisotopic (exact) mass is 253 g/mol. The average Bonchev–Trinajstić information content (AvgIpc) is 2.65. The third kappa shape index (κ3) is 2.78. The Bertz CT molecular complexity index is 413. The molecule has 0 spiro atoms. The third-order valence-electron chi connectivity index (χ3n) is 1.43. The van der Waals surface area contributed by atoms with Crippen LogP contribution in [0.4, 0.5) is 13.2 Å². The van der Waals surface area contributed by atoms with Crippen LogP contribution in [0.2, 0.25) is 0 Å². The van der Waals surface area contributed by atoms with Gasteiger partial charge in [-0.15, -0.1) is 11.3 Å². The predicted octanol–water partition coefficient (Wildman–Crippen LogP) is 1.91. The van der Waals surface area contributed by atoms with E-state index in [2.05, 4.69) is 9.72 Å². The van der Waals surface area contributed by atoms with Gasteiger partial charge in [0.1, 0.15) is 4.88 Å². The van der Waals surface area contributed by atoms with Gasteiger partial charge in [0.15, 0.2) is 5.01 Å². The Hall–Kier alpha value is -1.44. The lowest BCUT2D eigenvalue weighted by molar-refractivity contribution is -0.138. The summed E-state index contributed by atoms with van der Waals surface area (Å²) in [6.45, 7) is 1.47. The molecule has 0 unspecified atom stereocenters. The lowest BCUT2D eigenvalue weighted by Gasteiger charge is -1.99. The van der Waals surface area contributed by atoms with E-state index in [0.29, 0.717) is 6.20 Å². The van der Waals surface area contributed by atoms with E-state index < -0.39 is 22.9 Å². The van der Waals surface area contributed by atoms with Gasteiger partial charge >= 0.3 is 12.1 Å². The van der Waals surface area contributed by atoms with E-state index in [4.69, 9.17) is 0 Å². The number of hydrogen-bond acceptors (Lipinski definition) is 5. The highest BCUT2D eigenvalue weighted by molar-refractivity contribution is 7.14. The van der Waals surface area contributed by atoms with Crippen molar-refractivity contribution in [1.29, 1.82) is 0 Å². The van der Waals surface area contributed by atoms with E-state index in [0.717, 1.165) is 0 Å². The minimum absolute atomic E-state index is 0.0183. The number of ether oxygens (including phenoxy) is 1. The van der Waals surface area contributed by atoms with Gasteiger partial charge in [0.2, 0.25) is 0 Å². The van der Waals surface area contributed by atoms with Crippen LogP contribution < -0.4 is 0 Å². The van der Waals surface area contributed by atoms with Crippen molar-refractivity contribution >= 4 is 23.1 Å². The van der Waals surface area contributed by atoms with Crippen LogP contribution in [-0.2, 0) is 15.7 Å². The zero-order chi connectivity index (χ0) is 12.3. The molecule has 0 aliphatic heterocycles. The van der Waals surface area contributed by atoms with E-state index in [-0.39, 0.29) is 22.8 Å². The molecular formula is C8H6F3NO3S. The summed E-state index contributed by atoms with van der Waals surface area (Å²) in [5.41, 5.74) is 0. The summed E-state index contributed by atoms with van der Waals surface area (Å²) < 4.78 is 40.8. The van der Waals surface area contributed by atoms with Crippen LogP contribution in [0.25, 0.3) is 0 Å². The number of alkyl halides is 3. The Labute approximate surface area is 92.0 Å². The second-order valence-electron chi connectivity index (χ2n) is 2.58. The molecule has 0 aliphatic rings. The van der Waals surface area contributed by atoms with Gasteiger partial charge in [-0.3, -0.25) is 4.79 Å². The standard InChI is InChI=1S/C8H6F3NO3S/c1-2-15-6(14)5(13)4-3-12-7(16-4)8(9,10)11/h3H,2H2,1H3. The first-order chi connectivity index (χ1) is 7.36. The second kappa shape index (κ2) is 4.60. The van der Waals surface area contributed by atoms with Crippen molar-refractivity contribution in [2.45, 2.75) is 13.1 Å². The summed E-state index contributed by atoms with van der Waals surface area (Å²) in [6.07, 6.45) is -3.90. The molecule has 16 heavy (non-hydrogen) atoms. The van der Waals surface area contributed by atoms with Gasteiger partial charge in [0.25, 0.3) is 5.78 Å². The Balaban J connectivity index is 2.86. The van der Waals surface area contributed by atoms with E-state index in [1.165, 1.54) is 6.92 Å². The number of carbonyl (C=O) groups excluding carboxylic acids is 2. The average molecular weight is 253 g/mol. The number of thiazole rings is 1. The van der Waals surface area contributed by atoms with Gasteiger partial charge in [-0.05, 0) is 6.92 Å². The van der Waals surface area contributed by atoms with Gasteiger partial charge in [0.05, 0.1) is 12.8 Å². The molecule has 0 bridgehead atoms. The zero-order valence-corrected chi connectivity index (χ0v) is 8.82. The lowest BCUT2D eigenvalue weighted by Crippen LogP contribution is -2.16. The molecule has 1 heterocycles. The van der Waals surface area contributed by atoms with Crippen LogP contribution in [0.1, 0.15) is 21.6 Å². The van der Waals surface area contributed by atoms with Crippen molar-refractivity contribution in [2.24, 2.45) is 0 Å². The van der Waals surface area contributed by atoms with Crippen LogP contribution in [0, 0.1) is 0 Å². The molecule has 1 aromatic rings. The molecular weight excluding hydrogens is 247 g/mol. The van der Waals surface area contributed by atoms with Gasteiger partial charge < -0.3 is 4.74 Å². The highest BCUT2D eigenvalue weighted by Crippen LogP contribution is 2.32. The third-order valence-corrected chi connectivity index (χ3v) is 2.47. The largest absolute Gasteiger partial charge is 0.460 e. The quantitative estimate of drug-likeness (QED) is 0.469. The molecule has 0 aromatic carbocycles.